The molecule has 2 aromatic carbocycles. The van der Waals surface area contributed by atoms with Crippen LogP contribution in [0.3, 0.4) is 0 Å². The number of benzene rings is 2. The minimum absolute atomic E-state index is 0.0816. The van der Waals surface area contributed by atoms with Crippen LogP contribution in [-0.2, 0) is 14.8 Å². The molecule has 196 valence electrons. The molecule has 0 aromatic heterocycles. The molecule has 1 amide bonds. The quantitative estimate of drug-likeness (QED) is 0.360. The third-order valence-corrected chi connectivity index (χ3v) is 8.87. The number of carbonyl (C=O) groups is 2. The van der Waals surface area contributed by atoms with Gasteiger partial charge in [0.1, 0.15) is 6.04 Å². The van der Waals surface area contributed by atoms with E-state index in [1.165, 1.54) is 49.2 Å². The molecule has 1 unspecified atom stereocenters. The molecule has 1 aliphatic carbocycles. The van der Waals surface area contributed by atoms with Crippen molar-refractivity contribution in [2.75, 3.05) is 18.6 Å². The van der Waals surface area contributed by atoms with Crippen LogP contribution in [0.25, 0.3) is 11.1 Å². The van der Waals surface area contributed by atoms with E-state index in [0.29, 0.717) is 30.2 Å². The Morgan fingerprint density at radius 1 is 1.08 bits per heavy atom. The number of hydrogen-bond acceptors (Lipinski definition) is 5. The Morgan fingerprint density at radius 3 is 2.47 bits per heavy atom. The molecule has 36 heavy (non-hydrogen) atoms. The fraction of sp³-hybridized carbons (Fsp3) is 0.481. The van der Waals surface area contributed by atoms with Gasteiger partial charge in [0, 0.05) is 12.1 Å². The van der Waals surface area contributed by atoms with Gasteiger partial charge in [0.2, 0.25) is 10.0 Å². The molecule has 0 saturated heterocycles. The van der Waals surface area contributed by atoms with E-state index >= 15 is 0 Å². The van der Waals surface area contributed by atoms with Crippen LogP contribution in [0.1, 0.15) is 60.9 Å². The number of aryl methyl sites for hydroxylation is 1. The Labute approximate surface area is 218 Å². The summed E-state index contributed by atoms with van der Waals surface area (Å²) in [7, 11) is -3.77. The summed E-state index contributed by atoms with van der Waals surface area (Å²) in [5.41, 5.74) is 2.29. The van der Waals surface area contributed by atoms with Crippen molar-refractivity contribution in [3.63, 3.8) is 0 Å². The summed E-state index contributed by atoms with van der Waals surface area (Å²) in [6.45, 7) is 2.27. The van der Waals surface area contributed by atoms with E-state index in [4.69, 9.17) is 0 Å². The summed E-state index contributed by atoms with van der Waals surface area (Å²) < 4.78 is 29.0. The van der Waals surface area contributed by atoms with Crippen molar-refractivity contribution in [3.8, 4) is 11.1 Å². The number of carboxylic acids is 1. The number of sulfonamides is 1. The van der Waals surface area contributed by atoms with Crippen LogP contribution in [0.15, 0.2) is 47.4 Å². The number of rotatable bonds is 12. The van der Waals surface area contributed by atoms with Gasteiger partial charge in [-0.05, 0) is 72.6 Å². The Morgan fingerprint density at radius 2 is 1.81 bits per heavy atom. The molecule has 0 heterocycles. The summed E-state index contributed by atoms with van der Waals surface area (Å²) in [6, 6.07) is 10.8. The van der Waals surface area contributed by atoms with Gasteiger partial charge in [-0.25, -0.2) is 17.9 Å². The smallest absolute Gasteiger partial charge is 0.326 e. The highest BCUT2D eigenvalue weighted by atomic mass is 32.2. The van der Waals surface area contributed by atoms with E-state index in [1.54, 1.807) is 0 Å². The minimum atomic E-state index is -3.77. The van der Waals surface area contributed by atoms with Crippen LogP contribution >= 0.6 is 11.8 Å². The fourth-order valence-corrected chi connectivity index (χ4v) is 6.22. The van der Waals surface area contributed by atoms with Gasteiger partial charge in [0.25, 0.3) is 5.91 Å². The third-order valence-electron chi connectivity index (χ3n) is 6.76. The largest absolute Gasteiger partial charge is 0.480 e. The molecule has 7 nitrogen and oxygen atoms in total. The SMILES string of the molecule is CSCCC(NC(=O)c1ccc(S(=O)(=O)NCCC2CCCCC2)cc1-c1ccccc1C)C(=O)O. The van der Waals surface area contributed by atoms with Gasteiger partial charge >= 0.3 is 5.97 Å². The van der Waals surface area contributed by atoms with Crippen LogP contribution in [0.2, 0.25) is 0 Å². The van der Waals surface area contributed by atoms with Gasteiger partial charge in [-0.3, -0.25) is 4.79 Å². The molecule has 9 heteroatoms. The van der Waals surface area contributed by atoms with Crippen molar-refractivity contribution in [3.05, 3.63) is 53.6 Å². The highest BCUT2D eigenvalue weighted by Gasteiger charge is 2.25. The normalized spacial score (nSPS) is 15.4. The molecule has 1 saturated carbocycles. The number of nitrogens with one attached hydrogen (secondary N) is 2. The first kappa shape index (κ1) is 28.2. The first-order chi connectivity index (χ1) is 17.2. The van der Waals surface area contributed by atoms with Crippen molar-refractivity contribution in [2.45, 2.75) is 62.8 Å². The number of carbonyl (C=O) groups excluding carboxylic acids is 1. The predicted octanol–water partition coefficient (Wildman–Crippen LogP) is 4.85. The van der Waals surface area contributed by atoms with Crippen molar-refractivity contribution >= 4 is 33.7 Å². The zero-order valence-electron chi connectivity index (χ0n) is 21.0. The molecule has 1 atom stereocenters. The van der Waals surface area contributed by atoms with Crippen molar-refractivity contribution in [2.24, 2.45) is 5.92 Å². The van der Waals surface area contributed by atoms with Crippen LogP contribution in [-0.4, -0.2) is 50.0 Å². The van der Waals surface area contributed by atoms with Crippen molar-refractivity contribution in [1.29, 1.82) is 0 Å². The van der Waals surface area contributed by atoms with Crippen LogP contribution in [0.5, 0.6) is 0 Å². The Kier molecular flexibility index (Phi) is 10.4. The molecule has 0 aliphatic heterocycles. The monoisotopic (exact) mass is 532 g/mol. The van der Waals surface area contributed by atoms with Crippen LogP contribution in [0.4, 0.5) is 0 Å². The molecular formula is C27H36N2O5S2. The van der Waals surface area contributed by atoms with Crippen molar-refractivity contribution < 1.29 is 23.1 Å². The number of aliphatic carboxylic acids is 1. The van der Waals surface area contributed by atoms with E-state index < -0.39 is 27.9 Å². The van der Waals surface area contributed by atoms with Gasteiger partial charge in [-0.2, -0.15) is 11.8 Å². The summed E-state index contributed by atoms with van der Waals surface area (Å²) in [5.74, 6) is -0.499. The fourth-order valence-electron chi connectivity index (χ4n) is 4.67. The van der Waals surface area contributed by atoms with Gasteiger partial charge in [-0.1, -0.05) is 56.4 Å². The zero-order chi connectivity index (χ0) is 26.1. The molecule has 3 N–H and O–H groups in total. The number of amides is 1. The lowest BCUT2D eigenvalue weighted by atomic mass is 9.87. The molecule has 2 aromatic rings. The van der Waals surface area contributed by atoms with E-state index in [0.717, 1.165) is 30.4 Å². The molecule has 0 bridgehead atoms. The second-order valence-electron chi connectivity index (χ2n) is 9.36. The topological polar surface area (TPSA) is 113 Å². The number of carboxylic acid groups (broad SMARTS) is 1. The summed E-state index contributed by atoms with van der Waals surface area (Å²) in [5, 5.41) is 12.2. The lowest BCUT2D eigenvalue weighted by Crippen LogP contribution is -2.41. The second kappa shape index (κ2) is 13.3. The molecule has 1 fully saturated rings. The zero-order valence-corrected chi connectivity index (χ0v) is 22.6. The standard InChI is InChI=1S/C27H36N2O5S2/c1-19-8-6-7-11-22(19)24-18-21(36(33,34)28-16-14-20-9-4-3-5-10-20)12-13-23(24)26(30)29-25(27(31)32)15-17-35-2/h6-8,11-13,18,20,25,28H,3-5,9-10,14-17H2,1-2H3,(H,29,30)(H,31,32). The summed E-state index contributed by atoms with van der Waals surface area (Å²) in [6.07, 6.45) is 8.96. The summed E-state index contributed by atoms with van der Waals surface area (Å²) >= 11 is 1.50. The molecular weight excluding hydrogens is 496 g/mol. The summed E-state index contributed by atoms with van der Waals surface area (Å²) in [4.78, 5) is 24.9. The van der Waals surface area contributed by atoms with E-state index in [-0.39, 0.29) is 10.5 Å². The molecule has 0 spiro atoms. The maximum absolute atomic E-state index is 13.2. The van der Waals surface area contributed by atoms with Crippen molar-refractivity contribution in [1.82, 2.24) is 10.0 Å². The predicted molar refractivity (Wildman–Crippen MR) is 145 cm³/mol. The van der Waals surface area contributed by atoms with E-state index in [2.05, 4.69) is 10.0 Å². The maximum Gasteiger partial charge on any atom is 0.326 e. The van der Waals surface area contributed by atoms with Gasteiger partial charge in [0.05, 0.1) is 4.90 Å². The third kappa shape index (κ3) is 7.57. The molecule has 1 aliphatic rings. The minimum Gasteiger partial charge on any atom is -0.480 e. The number of hydrogen-bond donors (Lipinski definition) is 3. The maximum atomic E-state index is 13.2. The lowest BCUT2D eigenvalue weighted by molar-refractivity contribution is -0.139. The highest BCUT2D eigenvalue weighted by Crippen LogP contribution is 2.30. The Balaban J connectivity index is 1.88. The molecule has 0 radical (unpaired) electrons. The highest BCUT2D eigenvalue weighted by molar-refractivity contribution is 7.98. The Hall–Kier alpha value is -2.36. The average molecular weight is 533 g/mol. The second-order valence-corrected chi connectivity index (χ2v) is 12.1. The average Bonchev–Trinajstić information content (AvgIpc) is 2.86. The van der Waals surface area contributed by atoms with Gasteiger partial charge in [-0.15, -0.1) is 0 Å². The van der Waals surface area contributed by atoms with Crippen LogP contribution < -0.4 is 10.0 Å². The lowest BCUT2D eigenvalue weighted by Gasteiger charge is -2.21. The molecule has 3 rings (SSSR count). The van der Waals surface area contributed by atoms with E-state index in [9.17, 15) is 23.1 Å². The first-order valence-corrected chi connectivity index (χ1v) is 15.3. The number of thioether (sulfide) groups is 1. The van der Waals surface area contributed by atoms with E-state index in [1.807, 2.05) is 37.4 Å². The van der Waals surface area contributed by atoms with Gasteiger partial charge in [0.15, 0.2) is 0 Å². The van der Waals surface area contributed by atoms with Gasteiger partial charge < -0.3 is 10.4 Å². The van der Waals surface area contributed by atoms with Crippen LogP contribution in [0, 0.1) is 12.8 Å². The Bertz CT molecular complexity index is 1160. The first-order valence-electron chi connectivity index (χ1n) is 12.4.